The molecule has 0 aliphatic rings. The van der Waals surface area contributed by atoms with Gasteiger partial charge in [0.25, 0.3) is 6.43 Å². The van der Waals surface area contributed by atoms with Gasteiger partial charge >= 0.3 is 0 Å². The average molecular weight is 285 g/mol. The summed E-state index contributed by atoms with van der Waals surface area (Å²) in [6, 6.07) is 0. The molecular formula is C6H6F2IN3. The first-order valence-corrected chi connectivity index (χ1v) is 4.09. The minimum atomic E-state index is -2.65. The summed E-state index contributed by atoms with van der Waals surface area (Å²) < 4.78 is 24.9. The van der Waals surface area contributed by atoms with Gasteiger partial charge in [0.15, 0.2) is 0 Å². The summed E-state index contributed by atoms with van der Waals surface area (Å²) in [6.45, 7) is 0. The van der Waals surface area contributed by atoms with E-state index in [4.69, 9.17) is 11.5 Å². The third-order valence-electron chi connectivity index (χ3n) is 1.36. The average Bonchev–Trinajstić information content (AvgIpc) is 1.97. The van der Waals surface area contributed by atoms with Gasteiger partial charge in [-0.1, -0.05) is 0 Å². The molecule has 0 saturated heterocycles. The molecule has 0 atom stereocenters. The van der Waals surface area contributed by atoms with Crippen molar-refractivity contribution in [1.29, 1.82) is 0 Å². The molecule has 0 saturated carbocycles. The number of nitrogens with zero attached hydrogens (tertiary/aromatic N) is 1. The Labute approximate surface area is 81.3 Å². The molecule has 1 rings (SSSR count). The minimum Gasteiger partial charge on any atom is -0.397 e. The number of halogens is 3. The van der Waals surface area contributed by atoms with E-state index in [2.05, 4.69) is 4.98 Å². The second-order valence-electron chi connectivity index (χ2n) is 2.13. The zero-order chi connectivity index (χ0) is 9.30. The normalized spacial score (nSPS) is 10.7. The Kier molecular flexibility index (Phi) is 2.65. The van der Waals surface area contributed by atoms with E-state index < -0.39 is 6.43 Å². The SMILES string of the molecule is Nc1cnc(I)c(N)c1C(F)F. The van der Waals surface area contributed by atoms with Crippen molar-refractivity contribution in [2.45, 2.75) is 6.43 Å². The van der Waals surface area contributed by atoms with Gasteiger partial charge in [-0.2, -0.15) is 0 Å². The second-order valence-corrected chi connectivity index (χ2v) is 3.15. The molecule has 1 aromatic heterocycles. The van der Waals surface area contributed by atoms with Crippen molar-refractivity contribution in [3.8, 4) is 0 Å². The number of nitrogens with two attached hydrogens (primary N) is 2. The Morgan fingerprint density at radius 3 is 2.42 bits per heavy atom. The summed E-state index contributed by atoms with van der Waals surface area (Å²) in [5.74, 6) is 0. The maximum atomic E-state index is 12.3. The van der Waals surface area contributed by atoms with Crippen molar-refractivity contribution in [1.82, 2.24) is 4.98 Å². The number of hydrogen-bond donors (Lipinski definition) is 2. The summed E-state index contributed by atoms with van der Waals surface area (Å²) in [5, 5.41) is 0. The van der Waals surface area contributed by atoms with E-state index in [1.165, 1.54) is 6.20 Å². The first kappa shape index (κ1) is 9.43. The molecule has 0 amide bonds. The van der Waals surface area contributed by atoms with Crippen molar-refractivity contribution >= 4 is 34.0 Å². The summed E-state index contributed by atoms with van der Waals surface area (Å²) >= 11 is 1.77. The van der Waals surface area contributed by atoms with E-state index in [1.807, 2.05) is 0 Å². The van der Waals surface area contributed by atoms with E-state index in [0.717, 1.165) is 0 Å². The van der Waals surface area contributed by atoms with Gasteiger partial charge in [0.1, 0.15) is 3.70 Å². The molecule has 0 unspecified atom stereocenters. The van der Waals surface area contributed by atoms with Crippen molar-refractivity contribution in [2.24, 2.45) is 0 Å². The number of anilines is 2. The lowest BCUT2D eigenvalue weighted by atomic mass is 10.2. The van der Waals surface area contributed by atoms with Gasteiger partial charge in [0.2, 0.25) is 0 Å². The molecule has 0 radical (unpaired) electrons. The molecule has 12 heavy (non-hydrogen) atoms. The van der Waals surface area contributed by atoms with Crippen LogP contribution in [0.5, 0.6) is 0 Å². The number of rotatable bonds is 1. The summed E-state index contributed by atoms with van der Waals surface area (Å²) in [6.07, 6.45) is -1.47. The molecule has 0 aliphatic carbocycles. The fraction of sp³-hybridized carbons (Fsp3) is 0.167. The Balaban J connectivity index is 3.33. The largest absolute Gasteiger partial charge is 0.397 e. The van der Waals surface area contributed by atoms with Crippen LogP contribution in [0.4, 0.5) is 20.2 Å². The molecule has 6 heteroatoms. The number of alkyl halides is 2. The van der Waals surface area contributed by atoms with E-state index >= 15 is 0 Å². The van der Waals surface area contributed by atoms with E-state index in [9.17, 15) is 8.78 Å². The predicted octanol–water partition coefficient (Wildman–Crippen LogP) is 1.79. The second kappa shape index (κ2) is 3.38. The lowest BCUT2D eigenvalue weighted by Gasteiger charge is -2.08. The van der Waals surface area contributed by atoms with Gasteiger partial charge in [-0.05, 0) is 22.6 Å². The van der Waals surface area contributed by atoms with Crippen LogP contribution in [0.3, 0.4) is 0 Å². The molecule has 0 spiro atoms. The van der Waals surface area contributed by atoms with Crippen LogP contribution in [0.15, 0.2) is 6.20 Å². The van der Waals surface area contributed by atoms with E-state index in [1.54, 1.807) is 22.6 Å². The number of nitrogen functional groups attached to an aromatic ring is 2. The molecular weight excluding hydrogens is 279 g/mol. The Morgan fingerprint density at radius 1 is 1.42 bits per heavy atom. The molecule has 1 aromatic rings. The molecule has 0 aromatic carbocycles. The maximum Gasteiger partial charge on any atom is 0.267 e. The molecule has 0 aliphatic heterocycles. The zero-order valence-electron chi connectivity index (χ0n) is 5.89. The van der Waals surface area contributed by atoms with Crippen LogP contribution in [0, 0.1) is 3.70 Å². The zero-order valence-corrected chi connectivity index (χ0v) is 8.05. The maximum absolute atomic E-state index is 12.3. The van der Waals surface area contributed by atoms with Crippen LogP contribution in [0.2, 0.25) is 0 Å². The van der Waals surface area contributed by atoms with Crippen molar-refractivity contribution in [3.05, 3.63) is 15.5 Å². The number of aromatic nitrogens is 1. The van der Waals surface area contributed by atoms with E-state index in [-0.39, 0.29) is 16.9 Å². The van der Waals surface area contributed by atoms with Crippen LogP contribution in [0.25, 0.3) is 0 Å². The lowest BCUT2D eigenvalue weighted by Crippen LogP contribution is -2.04. The van der Waals surface area contributed by atoms with Crippen LogP contribution in [-0.2, 0) is 0 Å². The summed E-state index contributed by atoms with van der Waals surface area (Å²) in [5.41, 5.74) is 10.2. The van der Waals surface area contributed by atoms with Gasteiger partial charge in [-0.25, -0.2) is 13.8 Å². The fourth-order valence-electron chi connectivity index (χ4n) is 0.775. The molecule has 0 fully saturated rings. The van der Waals surface area contributed by atoms with Gasteiger partial charge in [0.05, 0.1) is 23.1 Å². The molecule has 3 nitrogen and oxygen atoms in total. The molecule has 66 valence electrons. The van der Waals surface area contributed by atoms with Gasteiger partial charge in [0, 0.05) is 0 Å². The Morgan fingerprint density at radius 2 is 2.00 bits per heavy atom. The van der Waals surface area contributed by atoms with Crippen molar-refractivity contribution in [3.63, 3.8) is 0 Å². The highest BCUT2D eigenvalue weighted by molar-refractivity contribution is 14.1. The van der Waals surface area contributed by atoms with Crippen LogP contribution in [0.1, 0.15) is 12.0 Å². The van der Waals surface area contributed by atoms with Crippen LogP contribution < -0.4 is 11.5 Å². The van der Waals surface area contributed by atoms with Gasteiger partial charge in [-0.15, -0.1) is 0 Å². The van der Waals surface area contributed by atoms with Gasteiger partial charge < -0.3 is 11.5 Å². The highest BCUT2D eigenvalue weighted by Crippen LogP contribution is 2.31. The summed E-state index contributed by atoms with van der Waals surface area (Å²) in [4.78, 5) is 3.72. The van der Waals surface area contributed by atoms with Crippen LogP contribution >= 0.6 is 22.6 Å². The fourth-order valence-corrected chi connectivity index (χ4v) is 1.21. The topological polar surface area (TPSA) is 64.9 Å². The standard InChI is InChI=1S/C6H6F2IN3/c7-5(8)3-2(10)1-12-6(9)4(3)11/h1,5H,10-11H2. The number of pyridine rings is 1. The monoisotopic (exact) mass is 285 g/mol. The predicted molar refractivity (Wildman–Crippen MR) is 50.7 cm³/mol. The third-order valence-corrected chi connectivity index (χ3v) is 2.22. The number of hydrogen-bond acceptors (Lipinski definition) is 3. The minimum absolute atomic E-state index is 0.0365. The summed E-state index contributed by atoms with van der Waals surface area (Å²) in [7, 11) is 0. The smallest absolute Gasteiger partial charge is 0.267 e. The Hall–Kier alpha value is -0.660. The third kappa shape index (κ3) is 1.57. The molecule has 1 heterocycles. The Bertz CT molecular complexity index is 303. The van der Waals surface area contributed by atoms with Crippen molar-refractivity contribution in [2.75, 3.05) is 11.5 Å². The first-order chi connectivity index (χ1) is 5.54. The van der Waals surface area contributed by atoms with Gasteiger partial charge in [-0.3, -0.25) is 0 Å². The van der Waals surface area contributed by atoms with E-state index in [0.29, 0.717) is 3.70 Å². The highest BCUT2D eigenvalue weighted by atomic mass is 127. The molecule has 0 bridgehead atoms. The highest BCUT2D eigenvalue weighted by Gasteiger charge is 2.17. The lowest BCUT2D eigenvalue weighted by molar-refractivity contribution is 0.153. The van der Waals surface area contributed by atoms with Crippen molar-refractivity contribution < 1.29 is 8.78 Å². The van der Waals surface area contributed by atoms with Crippen LogP contribution in [-0.4, -0.2) is 4.98 Å². The quantitative estimate of drug-likeness (QED) is 0.610. The first-order valence-electron chi connectivity index (χ1n) is 3.01. The molecule has 4 N–H and O–H groups in total.